The molecule has 0 atom stereocenters. The highest BCUT2D eigenvalue weighted by Crippen LogP contribution is 2.30. The Morgan fingerprint density at radius 2 is 1.87 bits per heavy atom. The Kier molecular flexibility index (Phi) is 7.35. The van der Waals surface area contributed by atoms with Crippen LogP contribution in [0.5, 0.6) is 0 Å². The van der Waals surface area contributed by atoms with E-state index in [0.717, 1.165) is 25.7 Å². The number of urea groups is 1. The van der Waals surface area contributed by atoms with E-state index in [1.807, 2.05) is 0 Å². The average molecular weight is 445 g/mol. The van der Waals surface area contributed by atoms with Crippen molar-refractivity contribution in [2.75, 3.05) is 17.7 Å². The van der Waals surface area contributed by atoms with Gasteiger partial charge in [-0.15, -0.1) is 11.3 Å². The topological polar surface area (TPSA) is 137 Å². The zero-order chi connectivity index (χ0) is 22.4. The molecule has 4 N–H and O–H groups in total. The SMILES string of the molecule is CNC(=O)Cc1csc(NC(=O)Nc2ccc(CC(=O)O)c(C(=O)C3CCCC3)c2)n1. The second-order valence-electron chi connectivity index (χ2n) is 7.36. The quantitative estimate of drug-likeness (QED) is 0.462. The Labute approximate surface area is 183 Å². The first kappa shape index (κ1) is 22.4. The molecule has 1 aliphatic carbocycles. The van der Waals surface area contributed by atoms with E-state index in [1.165, 1.54) is 24.5 Å². The number of Topliss-reactive ketones (excluding diaryl/α,β-unsaturated/α-hetero) is 1. The van der Waals surface area contributed by atoms with Crippen molar-refractivity contribution in [2.45, 2.75) is 38.5 Å². The highest BCUT2D eigenvalue weighted by Gasteiger charge is 2.26. The molecule has 0 bridgehead atoms. The van der Waals surface area contributed by atoms with E-state index in [0.29, 0.717) is 27.6 Å². The highest BCUT2D eigenvalue weighted by molar-refractivity contribution is 7.14. The number of nitrogens with one attached hydrogen (secondary N) is 3. The Morgan fingerprint density at radius 1 is 1.13 bits per heavy atom. The second kappa shape index (κ2) is 10.2. The number of hydrogen-bond donors (Lipinski definition) is 4. The molecule has 2 aromatic rings. The van der Waals surface area contributed by atoms with Gasteiger partial charge in [-0.2, -0.15) is 0 Å². The van der Waals surface area contributed by atoms with Crippen LogP contribution in [0, 0.1) is 5.92 Å². The Bertz CT molecular complexity index is 997. The summed E-state index contributed by atoms with van der Waals surface area (Å²) in [6.07, 6.45) is 3.43. The Balaban J connectivity index is 1.71. The normalized spacial score (nSPS) is 13.6. The predicted molar refractivity (Wildman–Crippen MR) is 117 cm³/mol. The molecule has 3 amide bonds. The minimum atomic E-state index is -1.02. The van der Waals surface area contributed by atoms with E-state index in [4.69, 9.17) is 5.11 Å². The maximum Gasteiger partial charge on any atom is 0.325 e. The summed E-state index contributed by atoms with van der Waals surface area (Å²) in [4.78, 5) is 52.1. The number of carboxylic acids is 1. The first-order valence-corrected chi connectivity index (χ1v) is 10.9. The summed E-state index contributed by atoms with van der Waals surface area (Å²) in [5, 5.41) is 19.0. The van der Waals surface area contributed by atoms with Gasteiger partial charge in [0.25, 0.3) is 0 Å². The maximum atomic E-state index is 12.9. The molecule has 0 aliphatic heterocycles. The zero-order valence-electron chi connectivity index (χ0n) is 17.1. The second-order valence-corrected chi connectivity index (χ2v) is 8.22. The average Bonchev–Trinajstić information content (AvgIpc) is 3.40. The number of anilines is 2. The summed E-state index contributed by atoms with van der Waals surface area (Å²) in [5.74, 6) is -1.38. The van der Waals surface area contributed by atoms with Crippen LogP contribution < -0.4 is 16.0 Å². The van der Waals surface area contributed by atoms with Gasteiger partial charge in [0.1, 0.15) is 0 Å². The van der Waals surface area contributed by atoms with Gasteiger partial charge in [-0.1, -0.05) is 18.9 Å². The van der Waals surface area contributed by atoms with Crippen LogP contribution in [-0.4, -0.2) is 40.8 Å². The first-order valence-electron chi connectivity index (χ1n) is 9.97. The van der Waals surface area contributed by atoms with Crippen LogP contribution in [0.3, 0.4) is 0 Å². The fourth-order valence-corrected chi connectivity index (χ4v) is 4.27. The number of amides is 3. The lowest BCUT2D eigenvalue weighted by molar-refractivity contribution is -0.136. The lowest BCUT2D eigenvalue weighted by Gasteiger charge is -2.14. The van der Waals surface area contributed by atoms with Crippen LogP contribution in [-0.2, 0) is 22.4 Å². The standard InChI is InChI=1S/C21H24N4O5S/c1-22-17(26)10-15-11-31-21(24-15)25-20(30)23-14-7-6-13(8-18(27)28)16(9-14)19(29)12-4-2-3-5-12/h6-7,9,11-12H,2-5,8,10H2,1H3,(H,22,26)(H,27,28)(H2,23,24,25,30). The zero-order valence-corrected chi connectivity index (χ0v) is 17.9. The molecule has 0 radical (unpaired) electrons. The van der Waals surface area contributed by atoms with Crippen molar-refractivity contribution >= 4 is 45.8 Å². The highest BCUT2D eigenvalue weighted by atomic mass is 32.1. The molecule has 9 nitrogen and oxygen atoms in total. The van der Waals surface area contributed by atoms with E-state index in [9.17, 15) is 19.2 Å². The molecule has 0 unspecified atom stereocenters. The summed E-state index contributed by atoms with van der Waals surface area (Å²) < 4.78 is 0. The summed E-state index contributed by atoms with van der Waals surface area (Å²) in [7, 11) is 1.54. The lowest BCUT2D eigenvalue weighted by Crippen LogP contribution is -2.21. The number of nitrogens with zero attached hydrogens (tertiary/aromatic N) is 1. The number of ketones is 1. The monoisotopic (exact) mass is 444 g/mol. The van der Waals surface area contributed by atoms with Crippen LogP contribution in [0.2, 0.25) is 0 Å². The van der Waals surface area contributed by atoms with E-state index in [2.05, 4.69) is 20.9 Å². The number of likely N-dealkylation sites (N-methyl/N-ethyl adjacent to an activating group) is 1. The van der Waals surface area contributed by atoms with Crippen molar-refractivity contribution in [1.82, 2.24) is 10.3 Å². The molecule has 164 valence electrons. The largest absolute Gasteiger partial charge is 0.481 e. The first-order chi connectivity index (χ1) is 14.9. The molecule has 31 heavy (non-hydrogen) atoms. The molecule has 1 fully saturated rings. The van der Waals surface area contributed by atoms with Gasteiger partial charge in [0.15, 0.2) is 10.9 Å². The van der Waals surface area contributed by atoms with E-state index in [1.54, 1.807) is 17.5 Å². The third-order valence-corrected chi connectivity index (χ3v) is 5.90. The minimum Gasteiger partial charge on any atom is -0.481 e. The molecular formula is C21H24N4O5S. The van der Waals surface area contributed by atoms with Gasteiger partial charge in [0.05, 0.1) is 18.5 Å². The van der Waals surface area contributed by atoms with Crippen molar-refractivity contribution in [1.29, 1.82) is 0 Å². The fourth-order valence-electron chi connectivity index (χ4n) is 3.57. The van der Waals surface area contributed by atoms with Crippen molar-refractivity contribution in [2.24, 2.45) is 5.92 Å². The summed E-state index contributed by atoms with van der Waals surface area (Å²) in [5.41, 5.74) is 1.71. The van der Waals surface area contributed by atoms with Crippen LogP contribution in [0.4, 0.5) is 15.6 Å². The summed E-state index contributed by atoms with van der Waals surface area (Å²) in [6.45, 7) is 0. The van der Waals surface area contributed by atoms with Crippen LogP contribution >= 0.6 is 11.3 Å². The summed E-state index contributed by atoms with van der Waals surface area (Å²) in [6, 6.07) is 4.13. The van der Waals surface area contributed by atoms with Gasteiger partial charge in [0.2, 0.25) is 5.91 Å². The smallest absolute Gasteiger partial charge is 0.325 e. The van der Waals surface area contributed by atoms with Gasteiger partial charge >= 0.3 is 12.0 Å². The van der Waals surface area contributed by atoms with E-state index >= 15 is 0 Å². The van der Waals surface area contributed by atoms with Crippen molar-refractivity contribution < 1.29 is 24.3 Å². The van der Waals surface area contributed by atoms with Crippen molar-refractivity contribution in [3.05, 3.63) is 40.4 Å². The molecule has 10 heteroatoms. The third kappa shape index (κ3) is 6.11. The number of carbonyl (C=O) groups is 4. The van der Waals surface area contributed by atoms with Crippen LogP contribution in [0.25, 0.3) is 0 Å². The molecule has 1 aromatic carbocycles. The maximum absolute atomic E-state index is 12.9. The molecular weight excluding hydrogens is 420 g/mol. The number of aromatic nitrogens is 1. The Morgan fingerprint density at radius 3 is 2.55 bits per heavy atom. The van der Waals surface area contributed by atoms with Crippen molar-refractivity contribution in [3.63, 3.8) is 0 Å². The Hall–Kier alpha value is -3.27. The molecule has 1 heterocycles. The molecule has 1 saturated carbocycles. The number of thiazole rings is 1. The third-order valence-electron chi connectivity index (χ3n) is 5.09. The number of rotatable bonds is 8. The molecule has 0 spiro atoms. The number of aliphatic carboxylic acids is 1. The minimum absolute atomic E-state index is 0.0726. The summed E-state index contributed by atoms with van der Waals surface area (Å²) >= 11 is 1.19. The fraction of sp³-hybridized carbons (Fsp3) is 0.381. The number of hydrogen-bond acceptors (Lipinski definition) is 6. The molecule has 0 saturated heterocycles. The lowest BCUT2D eigenvalue weighted by atomic mass is 9.91. The molecule has 1 aliphatic rings. The number of carbonyl (C=O) groups excluding carboxylic acids is 3. The van der Waals surface area contributed by atoms with Gasteiger partial charge in [-0.3, -0.25) is 19.7 Å². The number of carboxylic acid groups (broad SMARTS) is 1. The van der Waals surface area contributed by atoms with Crippen LogP contribution in [0.15, 0.2) is 23.6 Å². The van der Waals surface area contributed by atoms with Gasteiger partial charge in [0, 0.05) is 29.6 Å². The predicted octanol–water partition coefficient (Wildman–Crippen LogP) is 3.08. The van der Waals surface area contributed by atoms with Gasteiger partial charge in [-0.25, -0.2) is 9.78 Å². The van der Waals surface area contributed by atoms with E-state index in [-0.39, 0.29) is 30.4 Å². The molecule has 1 aromatic heterocycles. The van der Waals surface area contributed by atoms with Crippen molar-refractivity contribution in [3.8, 4) is 0 Å². The van der Waals surface area contributed by atoms with Gasteiger partial charge < -0.3 is 15.7 Å². The van der Waals surface area contributed by atoms with Gasteiger partial charge in [-0.05, 0) is 30.5 Å². The number of benzene rings is 1. The molecule has 3 rings (SSSR count). The van der Waals surface area contributed by atoms with E-state index < -0.39 is 12.0 Å². The van der Waals surface area contributed by atoms with Crippen LogP contribution in [0.1, 0.15) is 47.3 Å².